The predicted molar refractivity (Wildman–Crippen MR) is 141 cm³/mol. The quantitative estimate of drug-likeness (QED) is 0.357. The molecular weight excluding hydrogens is 541 g/mol. The Hall–Kier alpha value is -1.30. The van der Waals surface area contributed by atoms with Crippen molar-refractivity contribution in [2.45, 2.75) is 71.1 Å². The Balaban J connectivity index is 0.00000249. The molecule has 0 aromatic carbocycles. The van der Waals surface area contributed by atoms with E-state index in [1.807, 2.05) is 23.6 Å². The molecule has 1 saturated heterocycles. The van der Waals surface area contributed by atoms with Gasteiger partial charge in [0.05, 0.1) is 0 Å². The molecule has 1 aromatic heterocycles. The van der Waals surface area contributed by atoms with E-state index in [9.17, 15) is 9.59 Å². The summed E-state index contributed by atoms with van der Waals surface area (Å²) < 4.78 is 5.31. The number of piperidine rings is 1. The lowest BCUT2D eigenvalue weighted by atomic mass is 10.0. The highest BCUT2D eigenvalue weighted by molar-refractivity contribution is 14.1. The minimum absolute atomic E-state index is 0.0703. The van der Waals surface area contributed by atoms with Crippen molar-refractivity contribution in [2.75, 3.05) is 34.9 Å². The van der Waals surface area contributed by atoms with Gasteiger partial charge in [-0.15, -0.1) is 0 Å². The standard InChI is InChI=1S/C21H35N5O3S.CH3I/c1-6-15-13-22-19(23-14-15)26-10-7-16(8-11-26)24-18(27)17(9-12-30-5)25-20(28)29-21(2,3)4;1-2/h13-14,16-17H,6-12H2,1-5H3,(H,24,27)(H,25,28);1H3/t17-;/m0./s1. The van der Waals surface area contributed by atoms with Gasteiger partial charge in [-0.1, -0.05) is 29.5 Å². The van der Waals surface area contributed by atoms with Crippen LogP contribution in [-0.2, 0) is 16.0 Å². The summed E-state index contributed by atoms with van der Waals surface area (Å²) in [5.41, 5.74) is 0.518. The average Bonchev–Trinajstić information content (AvgIpc) is 2.77. The lowest BCUT2D eigenvalue weighted by Gasteiger charge is -2.33. The van der Waals surface area contributed by atoms with E-state index >= 15 is 0 Å². The second kappa shape index (κ2) is 14.8. The van der Waals surface area contributed by atoms with E-state index in [-0.39, 0.29) is 11.9 Å². The molecule has 0 aliphatic carbocycles. The summed E-state index contributed by atoms with van der Waals surface area (Å²) in [6, 6.07) is -0.531. The van der Waals surface area contributed by atoms with Gasteiger partial charge in [0.1, 0.15) is 11.6 Å². The highest BCUT2D eigenvalue weighted by atomic mass is 127. The second-order valence-electron chi connectivity index (χ2n) is 8.50. The number of halogens is 1. The van der Waals surface area contributed by atoms with Crippen LogP contribution in [0.5, 0.6) is 0 Å². The molecule has 1 aromatic rings. The fourth-order valence-corrected chi connectivity index (χ4v) is 3.65. The number of alkyl halides is 1. The summed E-state index contributed by atoms with van der Waals surface area (Å²) in [6.45, 7) is 9.05. The zero-order valence-corrected chi connectivity index (χ0v) is 23.1. The Morgan fingerprint density at radius 3 is 2.34 bits per heavy atom. The molecule has 32 heavy (non-hydrogen) atoms. The van der Waals surface area contributed by atoms with Crippen LogP contribution >= 0.6 is 34.4 Å². The Morgan fingerprint density at radius 2 is 1.84 bits per heavy atom. The highest BCUT2D eigenvalue weighted by Gasteiger charge is 2.28. The molecule has 0 unspecified atom stereocenters. The number of ether oxygens (including phenoxy) is 1. The molecule has 8 nitrogen and oxygen atoms in total. The zero-order chi connectivity index (χ0) is 24.1. The molecule has 0 bridgehead atoms. The average molecular weight is 580 g/mol. The first-order valence-electron chi connectivity index (χ1n) is 10.9. The van der Waals surface area contributed by atoms with Crippen LogP contribution in [0.25, 0.3) is 0 Å². The number of thioether (sulfide) groups is 1. The molecule has 0 radical (unpaired) electrons. The molecule has 2 rings (SSSR count). The number of amides is 2. The molecular formula is C22H38IN5O3S. The van der Waals surface area contributed by atoms with Crippen molar-refractivity contribution >= 4 is 52.3 Å². The van der Waals surface area contributed by atoms with Crippen molar-refractivity contribution in [3.63, 3.8) is 0 Å². The molecule has 0 spiro atoms. The van der Waals surface area contributed by atoms with Crippen molar-refractivity contribution in [3.8, 4) is 0 Å². The van der Waals surface area contributed by atoms with Gasteiger partial charge in [-0.3, -0.25) is 4.79 Å². The van der Waals surface area contributed by atoms with Crippen LogP contribution in [0.3, 0.4) is 0 Å². The van der Waals surface area contributed by atoms with Gasteiger partial charge in [-0.2, -0.15) is 11.8 Å². The van der Waals surface area contributed by atoms with Gasteiger partial charge in [0.25, 0.3) is 0 Å². The molecule has 2 amide bonds. The summed E-state index contributed by atoms with van der Waals surface area (Å²) in [6.07, 6.45) is 8.26. The Labute approximate surface area is 210 Å². The Morgan fingerprint density at radius 1 is 1.25 bits per heavy atom. The van der Waals surface area contributed by atoms with Gasteiger partial charge < -0.3 is 20.3 Å². The fraction of sp³-hybridized carbons (Fsp3) is 0.727. The van der Waals surface area contributed by atoms with Gasteiger partial charge in [0, 0.05) is 31.5 Å². The summed E-state index contributed by atoms with van der Waals surface area (Å²) in [4.78, 5) is 38.0. The van der Waals surface area contributed by atoms with Crippen molar-refractivity contribution in [3.05, 3.63) is 18.0 Å². The Bertz CT molecular complexity index is 692. The number of aromatic nitrogens is 2. The van der Waals surface area contributed by atoms with Gasteiger partial charge in [0.15, 0.2) is 0 Å². The number of anilines is 1. The monoisotopic (exact) mass is 579 g/mol. The first-order valence-corrected chi connectivity index (χ1v) is 14.5. The van der Waals surface area contributed by atoms with Crippen LogP contribution in [0.4, 0.5) is 10.7 Å². The molecule has 1 aliphatic heterocycles. The van der Waals surface area contributed by atoms with Gasteiger partial charge in [0.2, 0.25) is 11.9 Å². The second-order valence-corrected chi connectivity index (χ2v) is 9.48. The minimum Gasteiger partial charge on any atom is -0.444 e. The van der Waals surface area contributed by atoms with E-state index in [4.69, 9.17) is 4.74 Å². The van der Waals surface area contributed by atoms with Crippen molar-refractivity contribution in [1.29, 1.82) is 0 Å². The molecule has 10 heteroatoms. The molecule has 182 valence electrons. The number of carbonyl (C=O) groups excluding carboxylic acids is 2. The van der Waals surface area contributed by atoms with Crippen molar-refractivity contribution in [1.82, 2.24) is 20.6 Å². The maximum Gasteiger partial charge on any atom is 0.408 e. The largest absolute Gasteiger partial charge is 0.444 e. The number of alkyl carbamates (subject to hydrolysis) is 1. The van der Waals surface area contributed by atoms with E-state index in [0.717, 1.165) is 49.6 Å². The molecule has 1 fully saturated rings. The summed E-state index contributed by atoms with van der Waals surface area (Å²) in [7, 11) is 0. The number of nitrogens with one attached hydrogen (secondary N) is 2. The van der Waals surface area contributed by atoms with E-state index in [1.54, 1.807) is 32.5 Å². The third-order valence-corrected chi connectivity index (χ3v) is 5.49. The van der Waals surface area contributed by atoms with Crippen LogP contribution in [0.15, 0.2) is 12.4 Å². The summed E-state index contributed by atoms with van der Waals surface area (Å²) >= 11 is 3.79. The predicted octanol–water partition coefficient (Wildman–Crippen LogP) is 3.82. The fourth-order valence-electron chi connectivity index (χ4n) is 3.17. The number of rotatable bonds is 8. The van der Waals surface area contributed by atoms with E-state index < -0.39 is 17.7 Å². The third kappa shape index (κ3) is 10.5. The van der Waals surface area contributed by atoms with Gasteiger partial charge in [-0.05, 0) is 69.0 Å². The van der Waals surface area contributed by atoms with Gasteiger partial charge in [-0.25, -0.2) is 14.8 Å². The van der Waals surface area contributed by atoms with Crippen LogP contribution in [0, 0.1) is 0 Å². The first-order chi connectivity index (χ1) is 15.2. The first kappa shape index (κ1) is 28.7. The highest BCUT2D eigenvalue weighted by Crippen LogP contribution is 2.16. The van der Waals surface area contributed by atoms with E-state index in [1.165, 1.54) is 0 Å². The molecule has 1 atom stereocenters. The normalized spacial score (nSPS) is 15.3. The van der Waals surface area contributed by atoms with Gasteiger partial charge >= 0.3 is 6.09 Å². The SMILES string of the molecule is CCc1cnc(N2CCC(NC(=O)[C@H](CCSC)NC(=O)OC(C)(C)C)CC2)nc1.CI. The number of carbonyl (C=O) groups is 2. The molecule has 1 aliphatic rings. The Kier molecular flexibility index (Phi) is 13.3. The van der Waals surface area contributed by atoms with E-state index in [0.29, 0.717) is 6.42 Å². The molecule has 2 heterocycles. The smallest absolute Gasteiger partial charge is 0.408 e. The number of aryl methyl sites for hydroxylation is 1. The van der Waals surface area contributed by atoms with Crippen LogP contribution in [-0.4, -0.2) is 69.7 Å². The van der Waals surface area contributed by atoms with Crippen molar-refractivity contribution in [2.24, 2.45) is 0 Å². The number of nitrogens with zero attached hydrogens (tertiary/aromatic N) is 3. The van der Waals surface area contributed by atoms with Crippen LogP contribution in [0.1, 0.15) is 52.5 Å². The minimum atomic E-state index is -0.602. The molecule has 0 saturated carbocycles. The third-order valence-electron chi connectivity index (χ3n) is 4.84. The van der Waals surface area contributed by atoms with Crippen molar-refractivity contribution < 1.29 is 14.3 Å². The lowest BCUT2D eigenvalue weighted by Crippen LogP contribution is -2.53. The topological polar surface area (TPSA) is 96.5 Å². The maximum absolute atomic E-state index is 12.8. The maximum atomic E-state index is 12.8. The van der Waals surface area contributed by atoms with Crippen LogP contribution in [0.2, 0.25) is 0 Å². The summed E-state index contributed by atoms with van der Waals surface area (Å²) in [5.74, 6) is 1.36. The zero-order valence-electron chi connectivity index (χ0n) is 20.1. The number of hydrogen-bond acceptors (Lipinski definition) is 7. The van der Waals surface area contributed by atoms with E-state index in [2.05, 4.69) is 55.0 Å². The summed E-state index contributed by atoms with van der Waals surface area (Å²) in [5, 5.41) is 5.83. The van der Waals surface area contributed by atoms with Crippen LogP contribution < -0.4 is 15.5 Å². The lowest BCUT2D eigenvalue weighted by molar-refractivity contribution is -0.124. The number of hydrogen-bond donors (Lipinski definition) is 2. The molecule has 2 N–H and O–H groups in total.